The van der Waals surface area contributed by atoms with Gasteiger partial charge in [-0.25, -0.2) is 9.18 Å². The fourth-order valence-electron chi connectivity index (χ4n) is 1.81. The summed E-state index contributed by atoms with van der Waals surface area (Å²) in [7, 11) is 1.65. The van der Waals surface area contributed by atoms with E-state index in [0.717, 1.165) is 5.56 Å². The minimum Gasteiger partial charge on any atom is -0.444 e. The molecule has 6 nitrogen and oxygen atoms in total. The van der Waals surface area contributed by atoms with E-state index in [1.807, 2.05) is 26.8 Å². The van der Waals surface area contributed by atoms with Gasteiger partial charge in [0.05, 0.1) is 0 Å². The van der Waals surface area contributed by atoms with E-state index in [1.54, 1.807) is 20.0 Å². The van der Waals surface area contributed by atoms with E-state index in [9.17, 15) is 9.18 Å². The third-order valence-electron chi connectivity index (χ3n) is 3.01. The van der Waals surface area contributed by atoms with Crippen LogP contribution in [0.25, 0.3) is 0 Å². The third-order valence-corrected chi connectivity index (χ3v) is 3.01. The minimum absolute atomic E-state index is 0.223. The van der Waals surface area contributed by atoms with Crippen LogP contribution >= 0.6 is 0 Å². The molecule has 0 heterocycles. The summed E-state index contributed by atoms with van der Waals surface area (Å²) in [6, 6.07) is 5.11. The van der Waals surface area contributed by atoms with Crippen molar-refractivity contribution in [1.82, 2.24) is 16.0 Å². The Bertz CT molecular complexity index is 582. The lowest BCUT2D eigenvalue weighted by atomic mass is 10.1. The number of nitrogens with zero attached hydrogens (tertiary/aromatic N) is 1. The Kier molecular flexibility index (Phi) is 7.48. The number of aryl methyl sites for hydroxylation is 1. The lowest BCUT2D eigenvalue weighted by molar-refractivity contribution is 0.0529. The van der Waals surface area contributed by atoms with Crippen molar-refractivity contribution in [1.29, 1.82) is 0 Å². The molecule has 1 rings (SSSR count). The van der Waals surface area contributed by atoms with Gasteiger partial charge in [-0.1, -0.05) is 12.1 Å². The van der Waals surface area contributed by atoms with E-state index in [0.29, 0.717) is 31.2 Å². The molecule has 3 N–H and O–H groups in total. The van der Waals surface area contributed by atoms with Crippen molar-refractivity contribution in [2.75, 3.05) is 20.1 Å². The molecular weight excluding hydrogens is 311 g/mol. The van der Waals surface area contributed by atoms with E-state index in [1.165, 1.54) is 6.07 Å². The van der Waals surface area contributed by atoms with Gasteiger partial charge in [0, 0.05) is 26.7 Å². The van der Waals surface area contributed by atoms with E-state index < -0.39 is 11.7 Å². The molecule has 0 aliphatic heterocycles. The van der Waals surface area contributed by atoms with Crippen LogP contribution in [0.4, 0.5) is 9.18 Å². The predicted molar refractivity (Wildman–Crippen MR) is 93.6 cm³/mol. The van der Waals surface area contributed by atoms with Gasteiger partial charge in [0.1, 0.15) is 11.4 Å². The summed E-state index contributed by atoms with van der Waals surface area (Å²) in [6.07, 6.45) is -0.456. The van der Waals surface area contributed by atoms with Crippen molar-refractivity contribution < 1.29 is 13.9 Å². The topological polar surface area (TPSA) is 74.8 Å². The second-order valence-electron chi connectivity index (χ2n) is 6.36. The van der Waals surface area contributed by atoms with E-state index in [2.05, 4.69) is 20.9 Å². The lowest BCUT2D eigenvalue weighted by Gasteiger charge is -2.20. The summed E-state index contributed by atoms with van der Waals surface area (Å²) in [5.41, 5.74) is 0.931. The van der Waals surface area contributed by atoms with Crippen molar-refractivity contribution in [3.63, 3.8) is 0 Å². The number of carbonyl (C=O) groups excluding carboxylic acids is 1. The van der Waals surface area contributed by atoms with Crippen molar-refractivity contribution in [2.24, 2.45) is 4.99 Å². The molecule has 0 radical (unpaired) electrons. The Morgan fingerprint density at radius 3 is 2.46 bits per heavy atom. The first-order chi connectivity index (χ1) is 11.2. The summed E-state index contributed by atoms with van der Waals surface area (Å²) in [6.45, 7) is 8.50. The van der Waals surface area contributed by atoms with Crippen LogP contribution in [-0.4, -0.2) is 37.8 Å². The zero-order valence-corrected chi connectivity index (χ0v) is 15.0. The summed E-state index contributed by atoms with van der Waals surface area (Å²) in [5, 5.41) is 8.80. The average Bonchev–Trinajstić information content (AvgIpc) is 2.48. The molecule has 1 aromatic rings. The number of carbonyl (C=O) groups is 1. The van der Waals surface area contributed by atoms with Gasteiger partial charge in [-0.3, -0.25) is 4.99 Å². The summed E-state index contributed by atoms with van der Waals surface area (Å²) in [5.74, 6) is 0.348. The van der Waals surface area contributed by atoms with Gasteiger partial charge in [-0.2, -0.15) is 0 Å². The molecule has 0 fully saturated rings. The Balaban J connectivity index is 2.30. The number of nitrogens with one attached hydrogen (secondary N) is 3. The van der Waals surface area contributed by atoms with Gasteiger partial charge in [0.15, 0.2) is 5.96 Å². The van der Waals surface area contributed by atoms with Gasteiger partial charge in [0.25, 0.3) is 0 Å². The first-order valence-electron chi connectivity index (χ1n) is 7.87. The third kappa shape index (κ3) is 7.80. The molecule has 1 aromatic carbocycles. The molecule has 0 saturated heterocycles. The Hall–Kier alpha value is -2.31. The number of hydrogen-bond acceptors (Lipinski definition) is 3. The molecule has 0 spiro atoms. The highest BCUT2D eigenvalue weighted by Crippen LogP contribution is 2.08. The number of amides is 1. The van der Waals surface area contributed by atoms with Crippen LogP contribution in [0.2, 0.25) is 0 Å². The number of rotatable bonds is 5. The monoisotopic (exact) mass is 338 g/mol. The van der Waals surface area contributed by atoms with Gasteiger partial charge in [-0.05, 0) is 44.9 Å². The van der Waals surface area contributed by atoms with Crippen LogP contribution in [0.1, 0.15) is 31.9 Å². The van der Waals surface area contributed by atoms with E-state index in [4.69, 9.17) is 4.74 Å². The van der Waals surface area contributed by atoms with Crippen molar-refractivity contribution in [2.45, 2.75) is 39.8 Å². The molecule has 0 aliphatic carbocycles. The summed E-state index contributed by atoms with van der Waals surface area (Å²) < 4.78 is 18.6. The number of hydrogen-bond donors (Lipinski definition) is 3. The van der Waals surface area contributed by atoms with Crippen LogP contribution in [-0.2, 0) is 11.3 Å². The van der Waals surface area contributed by atoms with Crippen molar-refractivity contribution in [3.05, 3.63) is 35.1 Å². The highest BCUT2D eigenvalue weighted by Gasteiger charge is 2.15. The molecule has 134 valence electrons. The number of alkyl carbamates (subject to hydrolysis) is 1. The first kappa shape index (κ1) is 19.7. The molecule has 0 aromatic heterocycles. The standard InChI is InChI=1S/C17H27FN4O2/c1-12-6-7-13(10-14(12)18)11-22-15(19-5)20-8-9-21-16(23)24-17(2,3)4/h6-7,10H,8-9,11H2,1-5H3,(H,21,23)(H2,19,20,22). The van der Waals surface area contributed by atoms with Crippen LogP contribution in [0, 0.1) is 12.7 Å². The smallest absolute Gasteiger partial charge is 0.407 e. The Morgan fingerprint density at radius 2 is 1.88 bits per heavy atom. The fourth-order valence-corrected chi connectivity index (χ4v) is 1.81. The number of halogens is 1. The van der Waals surface area contributed by atoms with Crippen LogP contribution in [0.5, 0.6) is 0 Å². The summed E-state index contributed by atoms with van der Waals surface area (Å²) >= 11 is 0. The molecular formula is C17H27FN4O2. The second kappa shape index (κ2) is 9.10. The number of guanidine groups is 1. The molecule has 0 atom stereocenters. The quantitative estimate of drug-likeness (QED) is 0.438. The summed E-state index contributed by atoms with van der Waals surface area (Å²) in [4.78, 5) is 15.6. The molecule has 0 unspecified atom stereocenters. The minimum atomic E-state index is -0.515. The van der Waals surface area contributed by atoms with Crippen LogP contribution < -0.4 is 16.0 Å². The number of aliphatic imine (C=N–C) groups is 1. The van der Waals surface area contributed by atoms with Crippen LogP contribution in [0.15, 0.2) is 23.2 Å². The van der Waals surface area contributed by atoms with Gasteiger partial charge < -0.3 is 20.7 Å². The average molecular weight is 338 g/mol. The first-order valence-corrected chi connectivity index (χ1v) is 7.87. The Labute approximate surface area is 142 Å². The second-order valence-corrected chi connectivity index (χ2v) is 6.36. The largest absolute Gasteiger partial charge is 0.444 e. The number of ether oxygens (including phenoxy) is 1. The highest BCUT2D eigenvalue weighted by atomic mass is 19.1. The predicted octanol–water partition coefficient (Wildman–Crippen LogP) is 2.32. The zero-order chi connectivity index (χ0) is 18.2. The Morgan fingerprint density at radius 1 is 1.21 bits per heavy atom. The molecule has 0 bridgehead atoms. The molecule has 0 saturated carbocycles. The van der Waals surface area contributed by atoms with E-state index in [-0.39, 0.29) is 5.82 Å². The molecule has 7 heteroatoms. The molecule has 24 heavy (non-hydrogen) atoms. The normalized spacial score (nSPS) is 11.8. The zero-order valence-electron chi connectivity index (χ0n) is 15.0. The maximum absolute atomic E-state index is 13.5. The van der Waals surface area contributed by atoms with Gasteiger partial charge in [0.2, 0.25) is 0 Å². The van der Waals surface area contributed by atoms with Crippen LogP contribution in [0.3, 0.4) is 0 Å². The van der Waals surface area contributed by atoms with Crippen molar-refractivity contribution >= 4 is 12.1 Å². The van der Waals surface area contributed by atoms with Gasteiger partial charge in [-0.15, -0.1) is 0 Å². The fraction of sp³-hybridized carbons (Fsp3) is 0.529. The molecule has 1 amide bonds. The maximum Gasteiger partial charge on any atom is 0.407 e. The highest BCUT2D eigenvalue weighted by molar-refractivity contribution is 5.79. The van der Waals surface area contributed by atoms with E-state index >= 15 is 0 Å². The number of benzene rings is 1. The van der Waals surface area contributed by atoms with Crippen molar-refractivity contribution in [3.8, 4) is 0 Å². The lowest BCUT2D eigenvalue weighted by Crippen LogP contribution is -2.42. The molecule has 0 aliphatic rings. The van der Waals surface area contributed by atoms with Gasteiger partial charge >= 0.3 is 6.09 Å². The SMILES string of the molecule is CN=C(NCCNC(=O)OC(C)(C)C)NCc1ccc(C)c(F)c1. The maximum atomic E-state index is 13.5.